The van der Waals surface area contributed by atoms with E-state index in [1.165, 1.54) is 4.90 Å². The number of aliphatic hydroxyl groups is 1. The summed E-state index contributed by atoms with van der Waals surface area (Å²) in [6, 6.07) is 19.1. The van der Waals surface area contributed by atoms with Gasteiger partial charge < -0.3 is 9.84 Å². The van der Waals surface area contributed by atoms with Crippen LogP contribution in [0.5, 0.6) is 5.75 Å². The summed E-state index contributed by atoms with van der Waals surface area (Å²) in [6.45, 7) is 12.1. The van der Waals surface area contributed by atoms with Gasteiger partial charge in [-0.25, -0.2) is 0 Å². The summed E-state index contributed by atoms with van der Waals surface area (Å²) in [5.74, 6) is -1.04. The fourth-order valence-corrected chi connectivity index (χ4v) is 4.69. The summed E-state index contributed by atoms with van der Waals surface area (Å²) in [5.41, 5.74) is 3.54. The van der Waals surface area contributed by atoms with E-state index in [4.69, 9.17) is 16.3 Å². The van der Waals surface area contributed by atoms with Gasteiger partial charge in [-0.15, -0.1) is 0 Å². The van der Waals surface area contributed by atoms with Crippen molar-refractivity contribution in [2.45, 2.75) is 59.1 Å². The van der Waals surface area contributed by atoms with Crippen LogP contribution in [0.25, 0.3) is 5.76 Å². The molecule has 0 bridgehead atoms. The summed E-state index contributed by atoms with van der Waals surface area (Å²) >= 11 is 6.29. The molecule has 37 heavy (non-hydrogen) atoms. The van der Waals surface area contributed by atoms with Gasteiger partial charge in [0.2, 0.25) is 0 Å². The molecule has 5 nitrogen and oxygen atoms in total. The summed E-state index contributed by atoms with van der Waals surface area (Å²) in [6.07, 6.45) is 0.00165. The third-order valence-electron chi connectivity index (χ3n) is 6.47. The second-order valence-electron chi connectivity index (χ2n) is 10.7. The molecule has 0 radical (unpaired) electrons. The molecule has 1 N–H and O–H groups in total. The van der Waals surface area contributed by atoms with E-state index in [9.17, 15) is 14.7 Å². The van der Waals surface area contributed by atoms with Gasteiger partial charge >= 0.3 is 0 Å². The number of rotatable bonds is 5. The van der Waals surface area contributed by atoms with Gasteiger partial charge in [-0.1, -0.05) is 62.7 Å². The summed E-state index contributed by atoms with van der Waals surface area (Å²) < 4.78 is 5.70. The Morgan fingerprint density at radius 1 is 0.973 bits per heavy atom. The maximum Gasteiger partial charge on any atom is 0.300 e. The molecule has 1 saturated heterocycles. The molecule has 1 heterocycles. The molecular weight excluding hydrogens is 486 g/mol. The number of ketones is 1. The number of nitrogens with zero attached hydrogens (tertiary/aromatic N) is 1. The first-order valence-electron chi connectivity index (χ1n) is 12.3. The number of benzene rings is 3. The highest BCUT2D eigenvalue weighted by Gasteiger charge is 2.47. The van der Waals surface area contributed by atoms with E-state index in [1.54, 1.807) is 36.4 Å². The third kappa shape index (κ3) is 5.28. The lowest BCUT2D eigenvalue weighted by molar-refractivity contribution is -0.132. The molecule has 3 aromatic rings. The van der Waals surface area contributed by atoms with Crippen molar-refractivity contribution in [3.63, 3.8) is 0 Å². The van der Waals surface area contributed by atoms with E-state index >= 15 is 0 Å². The van der Waals surface area contributed by atoms with Gasteiger partial charge in [0.15, 0.2) is 0 Å². The Bertz CT molecular complexity index is 1370. The Hall–Kier alpha value is -3.57. The molecule has 192 valence electrons. The lowest BCUT2D eigenvalue weighted by Crippen LogP contribution is -2.30. The molecule has 6 heteroatoms. The zero-order valence-corrected chi connectivity index (χ0v) is 22.8. The topological polar surface area (TPSA) is 66.8 Å². The number of aryl methyl sites for hydroxylation is 1. The lowest BCUT2D eigenvalue weighted by atomic mass is 9.85. The van der Waals surface area contributed by atoms with E-state index < -0.39 is 17.7 Å². The second-order valence-corrected chi connectivity index (χ2v) is 11.1. The van der Waals surface area contributed by atoms with E-state index in [-0.39, 0.29) is 22.9 Å². The van der Waals surface area contributed by atoms with Crippen LogP contribution in [0.1, 0.15) is 62.9 Å². The van der Waals surface area contributed by atoms with Gasteiger partial charge in [-0.05, 0) is 79.3 Å². The Labute approximate surface area is 223 Å². The van der Waals surface area contributed by atoms with E-state index in [2.05, 4.69) is 20.8 Å². The molecule has 1 fully saturated rings. The average Bonchev–Trinajstić information content (AvgIpc) is 3.10. The van der Waals surface area contributed by atoms with Crippen LogP contribution in [0.2, 0.25) is 5.02 Å². The van der Waals surface area contributed by atoms with Gasteiger partial charge in [0, 0.05) is 16.3 Å². The zero-order chi connectivity index (χ0) is 27.1. The molecule has 1 aliphatic rings. The quantitative estimate of drug-likeness (QED) is 0.218. The lowest BCUT2D eigenvalue weighted by Gasteiger charge is -2.28. The van der Waals surface area contributed by atoms with Crippen LogP contribution in [0.4, 0.5) is 5.69 Å². The first-order chi connectivity index (χ1) is 17.4. The van der Waals surface area contributed by atoms with Crippen LogP contribution in [0.15, 0.2) is 72.3 Å². The minimum Gasteiger partial charge on any atom is -0.507 e. The second kappa shape index (κ2) is 10.1. The summed E-state index contributed by atoms with van der Waals surface area (Å²) in [5, 5.41) is 11.8. The van der Waals surface area contributed by atoms with Crippen LogP contribution < -0.4 is 9.64 Å². The SMILES string of the molecule is Cc1ccc(Cl)cc1N1C(=O)C(=O)/C(=C(/O)c2ccc(OC(C)C)cc2)C1c1ccc(C(C)(C)C)cc1. The molecule has 4 rings (SSSR count). The Kier molecular flexibility index (Phi) is 7.20. The molecule has 1 atom stereocenters. The van der Waals surface area contributed by atoms with Crippen molar-refractivity contribution in [2.24, 2.45) is 0 Å². The van der Waals surface area contributed by atoms with Gasteiger partial charge in [0.05, 0.1) is 17.7 Å². The summed E-state index contributed by atoms with van der Waals surface area (Å²) in [4.78, 5) is 28.4. The number of hydrogen-bond acceptors (Lipinski definition) is 4. The number of carbonyl (C=O) groups excluding carboxylic acids is 2. The van der Waals surface area contributed by atoms with Crippen molar-refractivity contribution in [1.29, 1.82) is 0 Å². The fraction of sp³-hybridized carbons (Fsp3) is 0.290. The minimum absolute atomic E-state index is 0.00165. The molecule has 1 amide bonds. The molecule has 0 aromatic heterocycles. The number of carbonyl (C=O) groups is 2. The average molecular weight is 518 g/mol. The number of hydrogen-bond donors (Lipinski definition) is 1. The molecule has 0 saturated carbocycles. The van der Waals surface area contributed by atoms with Gasteiger partial charge in [0.1, 0.15) is 11.5 Å². The van der Waals surface area contributed by atoms with Crippen LogP contribution >= 0.6 is 11.6 Å². The first-order valence-corrected chi connectivity index (χ1v) is 12.7. The highest BCUT2D eigenvalue weighted by Crippen LogP contribution is 2.44. The highest BCUT2D eigenvalue weighted by atomic mass is 35.5. The smallest absolute Gasteiger partial charge is 0.300 e. The van der Waals surface area contributed by atoms with Crippen molar-refractivity contribution in [3.8, 4) is 5.75 Å². The van der Waals surface area contributed by atoms with Crippen molar-refractivity contribution in [1.82, 2.24) is 0 Å². The molecule has 3 aromatic carbocycles. The molecule has 0 spiro atoms. The van der Waals surface area contributed by atoms with Gasteiger partial charge in [-0.3, -0.25) is 14.5 Å². The van der Waals surface area contributed by atoms with Crippen LogP contribution in [0, 0.1) is 6.92 Å². The van der Waals surface area contributed by atoms with Gasteiger partial charge in [-0.2, -0.15) is 0 Å². The Balaban J connectivity index is 1.90. The molecule has 0 aliphatic carbocycles. The van der Waals surface area contributed by atoms with E-state index in [1.807, 2.05) is 51.1 Å². The fourth-order valence-electron chi connectivity index (χ4n) is 4.52. The third-order valence-corrected chi connectivity index (χ3v) is 6.70. The minimum atomic E-state index is -0.822. The predicted octanol–water partition coefficient (Wildman–Crippen LogP) is 7.36. The molecular formula is C31H32ClNO4. The van der Waals surface area contributed by atoms with Crippen molar-refractivity contribution in [2.75, 3.05) is 4.90 Å². The number of anilines is 1. The number of Topliss-reactive ketones (excluding diaryl/α,β-unsaturated/α-hetero) is 1. The first kappa shape index (κ1) is 26.5. The normalized spacial score (nSPS) is 17.5. The number of amides is 1. The largest absolute Gasteiger partial charge is 0.507 e. The van der Waals surface area contributed by atoms with Crippen molar-refractivity contribution >= 4 is 34.7 Å². The Morgan fingerprint density at radius 2 is 1.59 bits per heavy atom. The number of ether oxygens (including phenoxy) is 1. The number of halogens is 1. The maximum atomic E-state index is 13.5. The van der Waals surface area contributed by atoms with Crippen LogP contribution in [0.3, 0.4) is 0 Å². The van der Waals surface area contributed by atoms with Gasteiger partial charge in [0.25, 0.3) is 11.7 Å². The van der Waals surface area contributed by atoms with Crippen molar-refractivity contribution in [3.05, 3.63) is 99.6 Å². The monoisotopic (exact) mass is 517 g/mol. The zero-order valence-electron chi connectivity index (χ0n) is 22.0. The predicted molar refractivity (Wildman–Crippen MR) is 148 cm³/mol. The number of aliphatic hydroxyl groups excluding tert-OH is 1. The van der Waals surface area contributed by atoms with Crippen molar-refractivity contribution < 1.29 is 19.4 Å². The maximum absolute atomic E-state index is 13.5. The molecule has 1 unspecified atom stereocenters. The van der Waals surface area contributed by atoms with E-state index in [0.717, 1.165) is 11.1 Å². The molecule has 1 aliphatic heterocycles. The Morgan fingerprint density at radius 3 is 2.16 bits per heavy atom. The van der Waals surface area contributed by atoms with E-state index in [0.29, 0.717) is 27.6 Å². The van der Waals surface area contributed by atoms with Crippen LogP contribution in [-0.4, -0.2) is 22.9 Å². The summed E-state index contributed by atoms with van der Waals surface area (Å²) in [7, 11) is 0. The van der Waals surface area contributed by atoms with Crippen LogP contribution in [-0.2, 0) is 15.0 Å². The highest BCUT2D eigenvalue weighted by molar-refractivity contribution is 6.52. The standard InChI is InChI=1S/C31H32ClNO4/c1-18(2)37-24-15-10-21(11-16-24)28(34)26-27(20-8-12-22(13-9-20)31(4,5)6)33(30(36)29(26)35)25-17-23(32)14-7-19(25)3/h7-18,27,34H,1-6H3/b28-26+.